The van der Waals surface area contributed by atoms with E-state index in [0.29, 0.717) is 12.2 Å². The molecular weight excluding hydrogens is 168 g/mol. The molecule has 2 N–H and O–H groups in total. The number of ether oxygens (including phenoxy) is 1. The molecule has 1 aromatic rings. The number of ketones is 1. The summed E-state index contributed by atoms with van der Waals surface area (Å²) in [6.45, 7) is 2.41. The number of rotatable bonds is 4. The van der Waals surface area contributed by atoms with Crippen molar-refractivity contribution in [3.63, 3.8) is 0 Å². The molecule has 0 radical (unpaired) electrons. The normalized spacial score (nSPS) is 9.92. The van der Waals surface area contributed by atoms with Crippen LogP contribution in [0.15, 0.2) is 18.3 Å². The summed E-state index contributed by atoms with van der Waals surface area (Å²) in [7, 11) is 0. The molecule has 0 aliphatic carbocycles. The van der Waals surface area contributed by atoms with Crippen LogP contribution < -0.4 is 5.73 Å². The molecule has 0 fully saturated rings. The monoisotopic (exact) mass is 180 g/mol. The number of nitrogens with two attached hydrogens (primary N) is 1. The summed E-state index contributed by atoms with van der Waals surface area (Å²) in [6, 6.07) is 3.32. The number of carbonyl (C=O) groups excluding carboxylic acids is 1. The van der Waals surface area contributed by atoms with Gasteiger partial charge in [-0.3, -0.25) is 4.79 Å². The summed E-state index contributed by atoms with van der Waals surface area (Å²) >= 11 is 0. The Morgan fingerprint density at radius 1 is 1.69 bits per heavy atom. The van der Waals surface area contributed by atoms with E-state index in [0.717, 1.165) is 0 Å². The van der Waals surface area contributed by atoms with Gasteiger partial charge in [-0.25, -0.2) is 4.98 Å². The second-order valence-corrected chi connectivity index (χ2v) is 2.50. The summed E-state index contributed by atoms with van der Waals surface area (Å²) in [6.07, 6.45) is 1.55. The Morgan fingerprint density at radius 3 is 3.08 bits per heavy atom. The zero-order valence-electron chi connectivity index (χ0n) is 7.49. The van der Waals surface area contributed by atoms with Gasteiger partial charge < -0.3 is 10.5 Å². The third-order valence-corrected chi connectivity index (χ3v) is 1.58. The van der Waals surface area contributed by atoms with Crippen molar-refractivity contribution >= 4 is 11.6 Å². The molecule has 1 heterocycles. The number of anilines is 1. The summed E-state index contributed by atoms with van der Waals surface area (Å²) in [5, 5.41) is 0. The first kappa shape index (κ1) is 9.67. The smallest absolute Gasteiger partial charge is 0.192 e. The lowest BCUT2D eigenvalue weighted by Gasteiger charge is -2.02. The number of aromatic nitrogens is 1. The zero-order chi connectivity index (χ0) is 9.68. The quantitative estimate of drug-likeness (QED) is 0.698. The summed E-state index contributed by atoms with van der Waals surface area (Å²) in [5.74, 6) is 0.125. The molecular formula is C9H12N2O2. The Kier molecular flexibility index (Phi) is 3.40. The van der Waals surface area contributed by atoms with Gasteiger partial charge in [0.05, 0.1) is 5.56 Å². The highest BCUT2D eigenvalue weighted by atomic mass is 16.5. The Hall–Kier alpha value is -1.42. The largest absolute Gasteiger partial charge is 0.383 e. The highest BCUT2D eigenvalue weighted by Gasteiger charge is 2.08. The predicted molar refractivity (Wildman–Crippen MR) is 49.5 cm³/mol. The van der Waals surface area contributed by atoms with Crippen LogP contribution in [0.4, 0.5) is 5.82 Å². The van der Waals surface area contributed by atoms with Crippen molar-refractivity contribution in [2.75, 3.05) is 18.9 Å². The maximum Gasteiger partial charge on any atom is 0.192 e. The van der Waals surface area contributed by atoms with Gasteiger partial charge >= 0.3 is 0 Å². The van der Waals surface area contributed by atoms with Gasteiger partial charge in [-0.2, -0.15) is 0 Å². The number of pyridine rings is 1. The third kappa shape index (κ3) is 2.52. The van der Waals surface area contributed by atoms with Crippen LogP contribution in [0.2, 0.25) is 0 Å². The van der Waals surface area contributed by atoms with Crippen LogP contribution in [0.5, 0.6) is 0 Å². The second-order valence-electron chi connectivity index (χ2n) is 2.50. The predicted octanol–water partition coefficient (Wildman–Crippen LogP) is 0.883. The highest BCUT2D eigenvalue weighted by Crippen LogP contribution is 2.07. The average Bonchev–Trinajstić information content (AvgIpc) is 2.15. The van der Waals surface area contributed by atoms with Gasteiger partial charge in [0.25, 0.3) is 0 Å². The molecule has 0 spiro atoms. The maximum absolute atomic E-state index is 11.4. The molecule has 4 nitrogen and oxygen atoms in total. The van der Waals surface area contributed by atoms with Crippen molar-refractivity contribution in [3.8, 4) is 0 Å². The summed E-state index contributed by atoms with van der Waals surface area (Å²) in [4.78, 5) is 15.2. The average molecular weight is 180 g/mol. The molecule has 0 aliphatic rings. The number of Topliss-reactive ketones (excluding diaryl/α,β-unsaturated/α-hetero) is 1. The fourth-order valence-electron chi connectivity index (χ4n) is 0.926. The van der Waals surface area contributed by atoms with Crippen molar-refractivity contribution in [2.45, 2.75) is 6.92 Å². The lowest BCUT2D eigenvalue weighted by Crippen LogP contribution is -2.11. The Labute approximate surface area is 76.7 Å². The second kappa shape index (κ2) is 4.57. The summed E-state index contributed by atoms with van der Waals surface area (Å²) < 4.78 is 4.97. The topological polar surface area (TPSA) is 65.2 Å². The molecule has 0 atom stereocenters. The van der Waals surface area contributed by atoms with Gasteiger partial charge in [0, 0.05) is 12.8 Å². The molecule has 0 amide bonds. The Morgan fingerprint density at radius 2 is 2.46 bits per heavy atom. The molecule has 0 saturated carbocycles. The van der Waals surface area contributed by atoms with Crippen LogP contribution in [0.25, 0.3) is 0 Å². The highest BCUT2D eigenvalue weighted by molar-refractivity contribution is 6.00. The maximum atomic E-state index is 11.4. The van der Waals surface area contributed by atoms with Gasteiger partial charge in [-0.05, 0) is 19.1 Å². The van der Waals surface area contributed by atoms with Crippen LogP contribution in [0.1, 0.15) is 17.3 Å². The van der Waals surface area contributed by atoms with E-state index in [2.05, 4.69) is 4.98 Å². The molecule has 0 unspecified atom stereocenters. The van der Waals surface area contributed by atoms with Crippen molar-refractivity contribution < 1.29 is 9.53 Å². The van der Waals surface area contributed by atoms with E-state index in [1.54, 1.807) is 18.3 Å². The fraction of sp³-hybridized carbons (Fsp3) is 0.333. The Bertz CT molecular complexity index is 299. The minimum absolute atomic E-state index is 0.0619. The van der Waals surface area contributed by atoms with Gasteiger partial charge in [0.1, 0.15) is 12.4 Å². The van der Waals surface area contributed by atoms with Crippen molar-refractivity contribution in [1.82, 2.24) is 4.98 Å². The number of nitrogen functional groups attached to an aromatic ring is 1. The molecule has 1 rings (SSSR count). The first-order valence-electron chi connectivity index (χ1n) is 4.07. The molecule has 0 bridgehead atoms. The molecule has 0 aliphatic heterocycles. The van der Waals surface area contributed by atoms with Gasteiger partial charge in [0.2, 0.25) is 0 Å². The molecule has 70 valence electrons. The minimum atomic E-state index is -0.132. The fourth-order valence-corrected chi connectivity index (χ4v) is 0.926. The van der Waals surface area contributed by atoms with Crippen molar-refractivity contribution in [2.24, 2.45) is 0 Å². The number of hydrogen-bond donors (Lipinski definition) is 1. The lowest BCUT2D eigenvalue weighted by molar-refractivity contribution is 0.0784. The number of hydrogen-bond acceptors (Lipinski definition) is 4. The van der Waals surface area contributed by atoms with E-state index in [1.807, 2.05) is 6.92 Å². The molecule has 13 heavy (non-hydrogen) atoms. The van der Waals surface area contributed by atoms with Gasteiger partial charge in [-0.15, -0.1) is 0 Å². The van der Waals surface area contributed by atoms with Gasteiger partial charge in [0.15, 0.2) is 5.78 Å². The van der Waals surface area contributed by atoms with E-state index in [1.165, 1.54) is 0 Å². The third-order valence-electron chi connectivity index (χ3n) is 1.58. The van der Waals surface area contributed by atoms with E-state index in [9.17, 15) is 4.79 Å². The standard InChI is InChI=1S/C9H12N2O2/c1-2-13-6-8(12)7-4-3-5-11-9(7)10/h3-5H,2,6H2,1H3,(H2,10,11). The molecule has 0 aromatic carbocycles. The zero-order valence-corrected chi connectivity index (χ0v) is 7.49. The van der Waals surface area contributed by atoms with Gasteiger partial charge in [-0.1, -0.05) is 0 Å². The molecule has 1 aromatic heterocycles. The van der Waals surface area contributed by atoms with Crippen molar-refractivity contribution in [3.05, 3.63) is 23.9 Å². The van der Waals surface area contributed by atoms with E-state index in [-0.39, 0.29) is 18.2 Å². The first-order valence-corrected chi connectivity index (χ1v) is 4.07. The lowest BCUT2D eigenvalue weighted by atomic mass is 10.2. The Balaban J connectivity index is 2.71. The van der Waals surface area contributed by atoms with Crippen LogP contribution in [0, 0.1) is 0 Å². The first-order chi connectivity index (χ1) is 6.25. The van der Waals surface area contributed by atoms with Crippen LogP contribution in [0.3, 0.4) is 0 Å². The SMILES string of the molecule is CCOCC(=O)c1cccnc1N. The number of carbonyl (C=O) groups is 1. The summed E-state index contributed by atoms with van der Waals surface area (Å²) in [5.41, 5.74) is 5.93. The molecule has 4 heteroatoms. The number of nitrogens with zero attached hydrogens (tertiary/aromatic N) is 1. The van der Waals surface area contributed by atoms with Crippen molar-refractivity contribution in [1.29, 1.82) is 0 Å². The molecule has 0 saturated heterocycles. The van der Waals surface area contributed by atoms with Crippen LogP contribution >= 0.6 is 0 Å². The van der Waals surface area contributed by atoms with Crippen LogP contribution in [-0.2, 0) is 4.74 Å². The van der Waals surface area contributed by atoms with E-state index < -0.39 is 0 Å². The van der Waals surface area contributed by atoms with E-state index in [4.69, 9.17) is 10.5 Å². The van der Waals surface area contributed by atoms with E-state index >= 15 is 0 Å². The van der Waals surface area contributed by atoms with Crippen LogP contribution in [-0.4, -0.2) is 24.0 Å². The minimum Gasteiger partial charge on any atom is -0.383 e.